The summed E-state index contributed by atoms with van der Waals surface area (Å²) in [6.07, 6.45) is 8.09. The van der Waals surface area contributed by atoms with Crippen molar-refractivity contribution in [1.29, 1.82) is 0 Å². The second kappa shape index (κ2) is 10.3. The van der Waals surface area contributed by atoms with Crippen LogP contribution < -0.4 is 15.6 Å². The van der Waals surface area contributed by atoms with Gasteiger partial charge in [0, 0.05) is 30.5 Å². The molecule has 0 unspecified atom stereocenters. The number of aromatic amines is 1. The van der Waals surface area contributed by atoms with Crippen LogP contribution in [0.1, 0.15) is 11.3 Å². The van der Waals surface area contributed by atoms with Gasteiger partial charge in [-0.3, -0.25) is 10.1 Å². The zero-order valence-corrected chi connectivity index (χ0v) is 19.1. The van der Waals surface area contributed by atoms with Crippen molar-refractivity contribution < 1.29 is 9.13 Å². The molecule has 1 fully saturated rings. The van der Waals surface area contributed by atoms with E-state index in [4.69, 9.17) is 4.74 Å². The molecule has 0 amide bonds. The van der Waals surface area contributed by atoms with Gasteiger partial charge >= 0.3 is 0 Å². The van der Waals surface area contributed by atoms with Crippen molar-refractivity contribution in [3.63, 3.8) is 0 Å². The summed E-state index contributed by atoms with van der Waals surface area (Å²) in [5, 5.41) is 14.3. The Morgan fingerprint density at radius 1 is 1.09 bits per heavy atom. The van der Waals surface area contributed by atoms with Crippen molar-refractivity contribution in [3.05, 3.63) is 72.2 Å². The average molecular weight is 474 g/mol. The topological polar surface area (TPSA) is 116 Å². The molecule has 1 saturated heterocycles. The van der Waals surface area contributed by atoms with Crippen molar-refractivity contribution in [3.8, 4) is 11.1 Å². The summed E-state index contributed by atoms with van der Waals surface area (Å²) in [5.41, 5.74) is 8.48. The number of aromatic nitrogens is 5. The number of H-pyrrole nitrogens is 1. The zero-order valence-electron chi connectivity index (χ0n) is 19.1. The molecule has 1 aliphatic rings. The van der Waals surface area contributed by atoms with Gasteiger partial charge in [-0.25, -0.2) is 14.8 Å². The van der Waals surface area contributed by atoms with Gasteiger partial charge < -0.3 is 15.0 Å². The van der Waals surface area contributed by atoms with Crippen molar-refractivity contribution in [2.45, 2.75) is 6.92 Å². The number of anilines is 4. The van der Waals surface area contributed by atoms with Crippen molar-refractivity contribution >= 4 is 29.4 Å². The first kappa shape index (κ1) is 22.4. The second-order valence-corrected chi connectivity index (χ2v) is 7.95. The highest BCUT2D eigenvalue weighted by molar-refractivity contribution is 5.78. The number of hydrogen-bond acceptors (Lipinski definition) is 9. The van der Waals surface area contributed by atoms with Crippen LogP contribution in [0.2, 0.25) is 0 Å². The van der Waals surface area contributed by atoms with E-state index >= 15 is 0 Å². The Morgan fingerprint density at radius 2 is 1.97 bits per heavy atom. The maximum absolute atomic E-state index is 14.2. The number of rotatable bonds is 7. The van der Waals surface area contributed by atoms with Crippen LogP contribution in [0.5, 0.6) is 0 Å². The van der Waals surface area contributed by atoms with Crippen LogP contribution in [0.3, 0.4) is 0 Å². The molecule has 1 aliphatic heterocycles. The number of nitrogens with one attached hydrogen (secondary N) is 3. The van der Waals surface area contributed by atoms with E-state index in [1.54, 1.807) is 18.6 Å². The van der Waals surface area contributed by atoms with Gasteiger partial charge in [-0.2, -0.15) is 15.2 Å². The fourth-order valence-electron chi connectivity index (χ4n) is 3.67. The molecule has 0 spiro atoms. The van der Waals surface area contributed by atoms with E-state index in [1.165, 1.54) is 0 Å². The minimum atomic E-state index is -0.475. The summed E-state index contributed by atoms with van der Waals surface area (Å²) in [6.45, 7) is 4.28. The van der Waals surface area contributed by atoms with E-state index in [0.29, 0.717) is 32.0 Å². The monoisotopic (exact) mass is 473 g/mol. The average Bonchev–Trinajstić information content (AvgIpc) is 3.43. The van der Waals surface area contributed by atoms with Crippen LogP contribution in [0.25, 0.3) is 11.1 Å². The fourth-order valence-corrected chi connectivity index (χ4v) is 3.67. The van der Waals surface area contributed by atoms with Crippen LogP contribution in [-0.2, 0) is 4.74 Å². The Hall–Kier alpha value is -4.38. The summed E-state index contributed by atoms with van der Waals surface area (Å²) in [5.74, 6) is -0.0306. The number of morpholine rings is 1. The van der Waals surface area contributed by atoms with Crippen LogP contribution in [0, 0.1) is 12.7 Å². The lowest BCUT2D eigenvalue weighted by Crippen LogP contribution is -2.37. The summed E-state index contributed by atoms with van der Waals surface area (Å²) in [6, 6.07) is 9.94. The zero-order chi connectivity index (χ0) is 24.0. The Kier molecular flexibility index (Phi) is 6.57. The molecule has 0 saturated carbocycles. The molecule has 5 rings (SSSR count). The van der Waals surface area contributed by atoms with E-state index < -0.39 is 5.82 Å². The molecule has 0 aliphatic carbocycles. The van der Waals surface area contributed by atoms with E-state index in [2.05, 4.69) is 47.1 Å². The summed E-state index contributed by atoms with van der Waals surface area (Å²) >= 11 is 0. The van der Waals surface area contributed by atoms with Crippen molar-refractivity contribution in [1.82, 2.24) is 25.1 Å². The number of hydrogen-bond donors (Lipinski definition) is 3. The van der Waals surface area contributed by atoms with Crippen molar-refractivity contribution in [2.24, 2.45) is 5.10 Å². The number of hydrazone groups is 1. The van der Waals surface area contributed by atoms with Crippen molar-refractivity contribution in [2.75, 3.05) is 41.9 Å². The Labute approximate surface area is 201 Å². The molecule has 35 heavy (non-hydrogen) atoms. The van der Waals surface area contributed by atoms with Gasteiger partial charge in [-0.15, -0.1) is 0 Å². The highest BCUT2D eigenvalue weighted by Crippen LogP contribution is 2.26. The van der Waals surface area contributed by atoms with Crippen LogP contribution >= 0.6 is 0 Å². The number of halogens is 1. The maximum atomic E-state index is 14.2. The van der Waals surface area contributed by atoms with E-state index in [-0.39, 0.29) is 11.8 Å². The molecule has 3 N–H and O–H groups in total. The summed E-state index contributed by atoms with van der Waals surface area (Å²) < 4.78 is 19.5. The molecule has 1 aromatic carbocycles. The molecule has 0 atom stereocenters. The van der Waals surface area contributed by atoms with E-state index in [9.17, 15) is 4.39 Å². The minimum Gasteiger partial charge on any atom is -0.378 e. The number of nitrogens with zero attached hydrogens (tertiary/aromatic N) is 6. The first-order valence-electron chi connectivity index (χ1n) is 11.1. The Bertz CT molecular complexity index is 1300. The predicted octanol–water partition coefficient (Wildman–Crippen LogP) is 3.74. The predicted molar refractivity (Wildman–Crippen MR) is 133 cm³/mol. The molecule has 4 aromatic rings. The molecule has 0 bridgehead atoms. The van der Waals surface area contributed by atoms with Gasteiger partial charge in [0.1, 0.15) is 0 Å². The van der Waals surface area contributed by atoms with Gasteiger partial charge in [0.2, 0.25) is 5.95 Å². The van der Waals surface area contributed by atoms with Crippen LogP contribution in [0.15, 0.2) is 60.2 Å². The molecule has 0 radical (unpaired) electrons. The first-order valence-corrected chi connectivity index (χ1v) is 11.1. The lowest BCUT2D eigenvalue weighted by atomic mass is 10.1. The quantitative estimate of drug-likeness (QED) is 0.275. The normalized spacial score (nSPS) is 13.8. The summed E-state index contributed by atoms with van der Waals surface area (Å²) in [7, 11) is 0. The smallest absolute Gasteiger partial charge is 0.245 e. The van der Waals surface area contributed by atoms with E-state index in [0.717, 1.165) is 34.3 Å². The van der Waals surface area contributed by atoms with Gasteiger partial charge in [0.25, 0.3) is 0 Å². The fraction of sp³-hybridized carbons (Fsp3) is 0.208. The number of ether oxygens (including phenoxy) is 1. The van der Waals surface area contributed by atoms with E-state index in [1.807, 2.05) is 42.3 Å². The SMILES string of the molecule is Cc1cc(-c2cn[nH]c2)ccc1Nc1ccc(/C=N/Nc2ncc(F)c(N3CCOCC3)n2)nc1. The number of pyridine rings is 1. The lowest BCUT2D eigenvalue weighted by Gasteiger charge is -2.27. The van der Waals surface area contributed by atoms with Gasteiger partial charge in [-0.05, 0) is 42.3 Å². The highest BCUT2D eigenvalue weighted by Gasteiger charge is 2.17. The Balaban J connectivity index is 1.20. The third-order valence-electron chi connectivity index (χ3n) is 5.52. The highest BCUT2D eigenvalue weighted by atomic mass is 19.1. The molecule has 4 heterocycles. The molecule has 11 heteroatoms. The molecule has 178 valence electrons. The molecular formula is C24H24FN9O. The largest absolute Gasteiger partial charge is 0.378 e. The minimum absolute atomic E-state index is 0.205. The maximum Gasteiger partial charge on any atom is 0.245 e. The Morgan fingerprint density at radius 3 is 2.71 bits per heavy atom. The summed E-state index contributed by atoms with van der Waals surface area (Å²) in [4.78, 5) is 14.4. The third-order valence-corrected chi connectivity index (χ3v) is 5.52. The van der Waals surface area contributed by atoms with Gasteiger partial charge in [0.15, 0.2) is 11.6 Å². The van der Waals surface area contributed by atoms with Crippen LogP contribution in [0.4, 0.5) is 27.5 Å². The molecular weight excluding hydrogens is 449 g/mol. The molecule has 10 nitrogen and oxygen atoms in total. The second-order valence-electron chi connectivity index (χ2n) is 7.95. The lowest BCUT2D eigenvalue weighted by molar-refractivity contribution is 0.122. The molecule has 3 aromatic heterocycles. The van der Waals surface area contributed by atoms with Crippen LogP contribution in [-0.4, -0.2) is 57.7 Å². The number of benzene rings is 1. The standard InChI is InChI=1S/C24H24FN9O/c1-16-10-17(18-11-28-29-12-18)2-5-22(16)31-20-4-3-19(26-13-20)14-30-33-24-27-15-21(25)23(32-24)34-6-8-35-9-7-34/h2-5,10-15,31H,6-9H2,1H3,(H,28,29)(H,27,32,33)/b30-14+. The first-order chi connectivity index (χ1) is 17.2. The van der Waals surface area contributed by atoms with Gasteiger partial charge in [-0.1, -0.05) is 6.07 Å². The number of aryl methyl sites for hydroxylation is 1. The third kappa shape index (κ3) is 5.41. The van der Waals surface area contributed by atoms with Gasteiger partial charge in [0.05, 0.1) is 49.4 Å².